The van der Waals surface area contributed by atoms with Gasteiger partial charge in [-0.2, -0.15) is 0 Å². The van der Waals surface area contributed by atoms with Gasteiger partial charge in [0.1, 0.15) is 6.04 Å². The average molecular weight is 300 g/mol. The number of hydrogen-bond acceptors (Lipinski definition) is 3. The second-order valence-electron chi connectivity index (χ2n) is 5.56. The molecule has 0 aliphatic carbocycles. The van der Waals surface area contributed by atoms with Gasteiger partial charge in [-0.05, 0) is 25.7 Å². The molecule has 0 bridgehead atoms. The number of carbonyl (C=O) groups is 2. The van der Waals surface area contributed by atoms with E-state index in [-0.39, 0.29) is 12.1 Å². The molecule has 1 saturated heterocycles. The third-order valence-corrected chi connectivity index (χ3v) is 3.67. The number of nitrogens with zero attached hydrogens (tertiary/aromatic N) is 1. The van der Waals surface area contributed by atoms with Gasteiger partial charge in [0.2, 0.25) is 0 Å². The number of carbonyl (C=O) groups excluding carboxylic acids is 1. The van der Waals surface area contributed by atoms with Gasteiger partial charge in [-0.25, -0.2) is 9.59 Å². The number of rotatable bonds is 8. The molecule has 0 aromatic heterocycles. The lowest BCUT2D eigenvalue weighted by Crippen LogP contribution is -2.52. The highest BCUT2D eigenvalue weighted by Crippen LogP contribution is 2.14. The van der Waals surface area contributed by atoms with E-state index in [0.29, 0.717) is 26.1 Å². The second kappa shape index (κ2) is 9.60. The Morgan fingerprint density at radius 1 is 1.38 bits per heavy atom. The summed E-state index contributed by atoms with van der Waals surface area (Å²) in [5, 5.41) is 11.8. The van der Waals surface area contributed by atoms with Crippen LogP contribution in [0.25, 0.3) is 0 Å². The number of carboxylic acid groups (broad SMARTS) is 1. The van der Waals surface area contributed by atoms with Gasteiger partial charge >= 0.3 is 12.0 Å². The third-order valence-electron chi connectivity index (χ3n) is 3.67. The van der Waals surface area contributed by atoms with E-state index >= 15 is 0 Å². The summed E-state index contributed by atoms with van der Waals surface area (Å²) < 4.78 is 5.69. The lowest BCUT2D eigenvalue weighted by molar-refractivity contribution is -0.139. The quantitative estimate of drug-likeness (QED) is 0.720. The number of urea groups is 1. The molecular formula is C15H28N2O4. The van der Waals surface area contributed by atoms with Crippen LogP contribution in [0.4, 0.5) is 4.79 Å². The number of likely N-dealkylation sites (tertiary alicyclic amines) is 1. The molecule has 6 nitrogen and oxygen atoms in total. The van der Waals surface area contributed by atoms with Crippen molar-refractivity contribution in [2.45, 2.75) is 64.5 Å². The van der Waals surface area contributed by atoms with Crippen LogP contribution in [0.1, 0.15) is 52.4 Å². The zero-order chi connectivity index (χ0) is 15.7. The molecule has 1 heterocycles. The van der Waals surface area contributed by atoms with Crippen molar-refractivity contribution >= 4 is 12.0 Å². The monoisotopic (exact) mass is 300 g/mol. The first-order valence-corrected chi connectivity index (χ1v) is 7.98. The fourth-order valence-corrected chi connectivity index (χ4v) is 2.45. The Balaban J connectivity index is 2.46. The Morgan fingerprint density at radius 3 is 2.76 bits per heavy atom. The number of hydrogen-bond donors (Lipinski definition) is 2. The van der Waals surface area contributed by atoms with Crippen molar-refractivity contribution in [3.05, 3.63) is 0 Å². The summed E-state index contributed by atoms with van der Waals surface area (Å²) in [5.41, 5.74) is 0. The van der Waals surface area contributed by atoms with Crippen molar-refractivity contribution in [3.63, 3.8) is 0 Å². The molecule has 2 atom stereocenters. The summed E-state index contributed by atoms with van der Waals surface area (Å²) >= 11 is 0. The zero-order valence-electron chi connectivity index (χ0n) is 13.1. The number of unbranched alkanes of at least 4 members (excludes halogenated alkanes) is 1. The minimum atomic E-state index is -0.965. The summed E-state index contributed by atoms with van der Waals surface area (Å²) in [7, 11) is 0. The van der Waals surface area contributed by atoms with Crippen LogP contribution in [0, 0.1) is 0 Å². The van der Waals surface area contributed by atoms with E-state index in [2.05, 4.69) is 12.2 Å². The Hall–Kier alpha value is -1.30. The van der Waals surface area contributed by atoms with Crippen LogP contribution in [0.15, 0.2) is 0 Å². The van der Waals surface area contributed by atoms with E-state index in [1.807, 2.05) is 6.92 Å². The predicted molar refractivity (Wildman–Crippen MR) is 80.3 cm³/mol. The molecule has 0 aromatic rings. The first-order chi connectivity index (χ1) is 10.1. The number of piperidine rings is 1. The molecule has 1 unspecified atom stereocenters. The van der Waals surface area contributed by atoms with Crippen LogP contribution in [-0.2, 0) is 9.53 Å². The predicted octanol–water partition coefficient (Wildman–Crippen LogP) is 2.23. The molecule has 6 heteroatoms. The fraction of sp³-hybridized carbons (Fsp3) is 0.867. The van der Waals surface area contributed by atoms with Crippen molar-refractivity contribution in [2.75, 3.05) is 19.7 Å². The molecule has 0 saturated carbocycles. The Kier molecular flexibility index (Phi) is 8.12. The van der Waals surface area contributed by atoms with Crippen molar-refractivity contribution in [2.24, 2.45) is 0 Å². The molecule has 1 aliphatic rings. The highest BCUT2D eigenvalue weighted by Gasteiger charge is 2.27. The van der Waals surface area contributed by atoms with Crippen LogP contribution >= 0.6 is 0 Å². The maximum Gasteiger partial charge on any atom is 0.326 e. The smallest absolute Gasteiger partial charge is 0.326 e. The number of nitrogens with one attached hydrogen (secondary N) is 1. The van der Waals surface area contributed by atoms with Gasteiger partial charge < -0.3 is 20.1 Å². The van der Waals surface area contributed by atoms with Gasteiger partial charge in [-0.3, -0.25) is 0 Å². The van der Waals surface area contributed by atoms with Gasteiger partial charge in [-0.15, -0.1) is 0 Å². The third kappa shape index (κ3) is 6.33. The summed E-state index contributed by atoms with van der Waals surface area (Å²) in [5.74, 6) is -0.965. The standard InChI is InChI=1S/C15H28N2O4/c1-3-5-8-13(14(18)19)16-15(20)17-9-6-7-12(11-17)21-10-4-2/h12-13H,3-11H2,1-2H3,(H,16,20)(H,18,19)/t12?,13-/m0/s1. The summed E-state index contributed by atoms with van der Waals surface area (Å²) in [6.07, 6.45) is 5.07. The number of carboxylic acids is 1. The Labute approximate surface area is 126 Å². The Morgan fingerprint density at radius 2 is 2.14 bits per heavy atom. The van der Waals surface area contributed by atoms with Crippen LogP contribution in [0.3, 0.4) is 0 Å². The van der Waals surface area contributed by atoms with Gasteiger partial charge in [0, 0.05) is 19.7 Å². The van der Waals surface area contributed by atoms with Gasteiger partial charge in [0.25, 0.3) is 0 Å². The van der Waals surface area contributed by atoms with Crippen molar-refractivity contribution in [1.29, 1.82) is 0 Å². The van der Waals surface area contributed by atoms with E-state index in [9.17, 15) is 9.59 Å². The van der Waals surface area contributed by atoms with Crippen LogP contribution in [-0.4, -0.2) is 53.8 Å². The second-order valence-corrected chi connectivity index (χ2v) is 5.56. The first-order valence-electron chi connectivity index (χ1n) is 7.98. The average Bonchev–Trinajstić information content (AvgIpc) is 2.49. The van der Waals surface area contributed by atoms with E-state index in [1.165, 1.54) is 0 Å². The van der Waals surface area contributed by atoms with Crippen molar-refractivity contribution in [1.82, 2.24) is 10.2 Å². The molecule has 1 fully saturated rings. The van der Waals surface area contributed by atoms with Crippen molar-refractivity contribution < 1.29 is 19.4 Å². The van der Waals surface area contributed by atoms with Gasteiger partial charge in [0.05, 0.1) is 6.10 Å². The molecular weight excluding hydrogens is 272 g/mol. The first kappa shape index (κ1) is 17.8. The molecule has 1 aliphatic heterocycles. The summed E-state index contributed by atoms with van der Waals surface area (Å²) in [6.45, 7) is 5.97. The topological polar surface area (TPSA) is 78.9 Å². The molecule has 1 rings (SSSR count). The molecule has 2 N–H and O–H groups in total. The van der Waals surface area contributed by atoms with Gasteiger partial charge in [-0.1, -0.05) is 26.7 Å². The minimum Gasteiger partial charge on any atom is -0.480 e. The van der Waals surface area contributed by atoms with Crippen LogP contribution in [0.5, 0.6) is 0 Å². The van der Waals surface area contributed by atoms with Crippen LogP contribution in [0.2, 0.25) is 0 Å². The summed E-state index contributed by atoms with van der Waals surface area (Å²) in [4.78, 5) is 25.0. The number of ether oxygens (including phenoxy) is 1. The minimum absolute atomic E-state index is 0.0726. The molecule has 0 radical (unpaired) electrons. The molecule has 0 aromatic carbocycles. The van der Waals surface area contributed by atoms with E-state index in [1.54, 1.807) is 4.90 Å². The molecule has 2 amide bonds. The largest absolute Gasteiger partial charge is 0.480 e. The maximum atomic E-state index is 12.2. The van der Waals surface area contributed by atoms with E-state index in [0.717, 1.165) is 32.1 Å². The zero-order valence-corrected chi connectivity index (χ0v) is 13.1. The SMILES string of the molecule is CCCC[C@H](NC(=O)N1CCCC(OCCC)C1)C(=O)O. The lowest BCUT2D eigenvalue weighted by atomic mass is 10.1. The molecule has 122 valence electrons. The Bertz CT molecular complexity index is 336. The maximum absolute atomic E-state index is 12.2. The highest BCUT2D eigenvalue weighted by molar-refractivity contribution is 5.82. The highest BCUT2D eigenvalue weighted by atomic mass is 16.5. The van der Waals surface area contributed by atoms with Crippen molar-refractivity contribution in [3.8, 4) is 0 Å². The molecule has 21 heavy (non-hydrogen) atoms. The number of aliphatic carboxylic acids is 1. The van der Waals surface area contributed by atoms with Gasteiger partial charge in [0.15, 0.2) is 0 Å². The molecule has 0 spiro atoms. The summed E-state index contributed by atoms with van der Waals surface area (Å²) in [6, 6.07) is -1.09. The number of amides is 2. The normalized spacial score (nSPS) is 20.1. The van der Waals surface area contributed by atoms with E-state index in [4.69, 9.17) is 9.84 Å². The van der Waals surface area contributed by atoms with E-state index < -0.39 is 12.0 Å². The fourth-order valence-electron chi connectivity index (χ4n) is 2.45. The van der Waals surface area contributed by atoms with Crippen LogP contribution < -0.4 is 5.32 Å². The lowest BCUT2D eigenvalue weighted by Gasteiger charge is -2.33.